The lowest BCUT2D eigenvalue weighted by atomic mass is 10.1. The molecular formula is C29H30ClN3O4S2. The van der Waals surface area contributed by atoms with Crippen LogP contribution in [0.25, 0.3) is 23.0 Å². The molecule has 0 spiro atoms. The summed E-state index contributed by atoms with van der Waals surface area (Å²) in [5.41, 5.74) is 3.13. The second-order valence-electron chi connectivity index (χ2n) is 9.10. The van der Waals surface area contributed by atoms with Crippen molar-refractivity contribution in [3.05, 3.63) is 70.2 Å². The fourth-order valence-corrected chi connectivity index (χ4v) is 5.61. The predicted octanol–water partition coefficient (Wildman–Crippen LogP) is 7.22. The second-order valence-corrected chi connectivity index (χ2v) is 11.2. The SMILES string of the molecule is CCCCOc1ccc(-c2nn(-c3ccccc3)cc2/C=C2\SC(=S)N(CCCCCC(=O)O)C2=O)cc1Cl. The molecule has 7 nitrogen and oxygen atoms in total. The molecule has 0 saturated carbocycles. The van der Waals surface area contributed by atoms with Crippen molar-refractivity contribution in [3.63, 3.8) is 0 Å². The van der Waals surface area contributed by atoms with Crippen molar-refractivity contribution in [2.45, 2.75) is 45.4 Å². The van der Waals surface area contributed by atoms with Gasteiger partial charge in [0.2, 0.25) is 0 Å². The van der Waals surface area contributed by atoms with Crippen molar-refractivity contribution in [2.24, 2.45) is 0 Å². The van der Waals surface area contributed by atoms with E-state index in [0.29, 0.717) is 51.7 Å². The number of carbonyl (C=O) groups excluding carboxylic acids is 1. The van der Waals surface area contributed by atoms with Gasteiger partial charge in [0.15, 0.2) is 0 Å². The molecule has 1 aliphatic rings. The van der Waals surface area contributed by atoms with Crippen molar-refractivity contribution in [2.75, 3.05) is 13.2 Å². The van der Waals surface area contributed by atoms with Crippen LogP contribution in [0, 0.1) is 0 Å². The lowest BCUT2D eigenvalue weighted by Crippen LogP contribution is -2.29. The number of unbranched alkanes of at least 4 members (excludes halogenated alkanes) is 3. The van der Waals surface area contributed by atoms with E-state index in [0.717, 1.165) is 36.1 Å². The van der Waals surface area contributed by atoms with E-state index in [4.69, 9.17) is 38.8 Å². The highest BCUT2D eigenvalue weighted by molar-refractivity contribution is 8.26. The third-order valence-electron chi connectivity index (χ3n) is 6.16. The Morgan fingerprint density at radius 2 is 1.95 bits per heavy atom. The number of carboxylic acid groups (broad SMARTS) is 1. The van der Waals surface area contributed by atoms with E-state index in [1.807, 2.05) is 60.8 Å². The van der Waals surface area contributed by atoms with Gasteiger partial charge in [-0.2, -0.15) is 5.10 Å². The predicted molar refractivity (Wildman–Crippen MR) is 160 cm³/mol. The van der Waals surface area contributed by atoms with Crippen molar-refractivity contribution in [1.29, 1.82) is 0 Å². The Kier molecular flexibility index (Phi) is 10.2. The summed E-state index contributed by atoms with van der Waals surface area (Å²) in [4.78, 5) is 26.1. The number of halogens is 1. The minimum atomic E-state index is -0.810. The van der Waals surface area contributed by atoms with Crippen LogP contribution in [-0.4, -0.2) is 49.1 Å². The minimum Gasteiger partial charge on any atom is -0.492 e. The molecule has 1 saturated heterocycles. The molecule has 1 aliphatic heterocycles. The number of thiocarbonyl (C=S) groups is 1. The summed E-state index contributed by atoms with van der Waals surface area (Å²) < 4.78 is 8.09. The van der Waals surface area contributed by atoms with Gasteiger partial charge in [0.1, 0.15) is 15.8 Å². The number of rotatable bonds is 13. The van der Waals surface area contributed by atoms with Gasteiger partial charge in [-0.05, 0) is 55.7 Å². The molecular weight excluding hydrogens is 554 g/mol. The van der Waals surface area contributed by atoms with Crippen molar-refractivity contribution >= 4 is 57.9 Å². The number of nitrogens with zero attached hydrogens (tertiary/aromatic N) is 3. The van der Waals surface area contributed by atoms with Gasteiger partial charge in [-0.3, -0.25) is 14.5 Å². The van der Waals surface area contributed by atoms with Gasteiger partial charge in [-0.1, -0.05) is 73.5 Å². The van der Waals surface area contributed by atoms with E-state index in [2.05, 4.69) is 6.92 Å². The zero-order chi connectivity index (χ0) is 27.8. The summed E-state index contributed by atoms with van der Waals surface area (Å²) in [6, 6.07) is 15.4. The van der Waals surface area contributed by atoms with Crippen LogP contribution < -0.4 is 4.74 Å². The largest absolute Gasteiger partial charge is 0.492 e. The number of benzene rings is 2. The number of aliphatic carboxylic acids is 1. The highest BCUT2D eigenvalue weighted by Crippen LogP contribution is 2.36. The number of carboxylic acids is 1. The summed E-state index contributed by atoms with van der Waals surface area (Å²) in [5.74, 6) is -0.336. The van der Waals surface area contributed by atoms with Crippen LogP contribution in [0.1, 0.15) is 51.0 Å². The van der Waals surface area contributed by atoms with E-state index >= 15 is 0 Å². The highest BCUT2D eigenvalue weighted by Gasteiger charge is 2.32. The number of thioether (sulfide) groups is 1. The lowest BCUT2D eigenvalue weighted by molar-refractivity contribution is -0.137. The third-order valence-corrected chi connectivity index (χ3v) is 7.83. The second kappa shape index (κ2) is 13.8. The minimum absolute atomic E-state index is 0.127. The van der Waals surface area contributed by atoms with E-state index in [1.54, 1.807) is 9.58 Å². The molecule has 1 fully saturated rings. The maximum absolute atomic E-state index is 13.2. The normalized spacial score (nSPS) is 14.4. The molecule has 1 amide bonds. The molecule has 0 aliphatic carbocycles. The first kappa shape index (κ1) is 28.9. The Morgan fingerprint density at radius 3 is 2.67 bits per heavy atom. The van der Waals surface area contributed by atoms with Gasteiger partial charge >= 0.3 is 5.97 Å². The van der Waals surface area contributed by atoms with Crippen molar-refractivity contribution < 1.29 is 19.4 Å². The Labute approximate surface area is 242 Å². The molecule has 1 aromatic heterocycles. The Hall–Kier alpha value is -3.14. The maximum atomic E-state index is 13.2. The van der Waals surface area contributed by atoms with Crippen molar-refractivity contribution in [3.8, 4) is 22.7 Å². The number of hydrogen-bond donors (Lipinski definition) is 1. The fourth-order valence-electron chi connectivity index (χ4n) is 4.08. The van der Waals surface area contributed by atoms with Gasteiger partial charge in [0.05, 0.1) is 22.2 Å². The first-order valence-corrected chi connectivity index (χ1v) is 14.5. The molecule has 1 N–H and O–H groups in total. The van der Waals surface area contributed by atoms with Gasteiger partial charge in [-0.25, -0.2) is 4.68 Å². The zero-order valence-electron chi connectivity index (χ0n) is 21.6. The van der Waals surface area contributed by atoms with E-state index in [-0.39, 0.29) is 12.3 Å². The summed E-state index contributed by atoms with van der Waals surface area (Å²) in [6.07, 6.45) is 7.81. The molecule has 3 aromatic rings. The number of ether oxygens (including phenoxy) is 1. The number of amides is 1. The summed E-state index contributed by atoms with van der Waals surface area (Å²) in [6.45, 7) is 3.17. The zero-order valence-corrected chi connectivity index (χ0v) is 24.0. The maximum Gasteiger partial charge on any atom is 0.303 e. The van der Waals surface area contributed by atoms with Crippen LogP contribution in [-0.2, 0) is 9.59 Å². The van der Waals surface area contributed by atoms with Crippen LogP contribution >= 0.6 is 35.6 Å². The molecule has 2 heterocycles. The van der Waals surface area contributed by atoms with Crippen molar-refractivity contribution in [1.82, 2.24) is 14.7 Å². The Morgan fingerprint density at radius 1 is 1.15 bits per heavy atom. The van der Waals surface area contributed by atoms with Gasteiger partial charge in [-0.15, -0.1) is 0 Å². The molecule has 2 aromatic carbocycles. The van der Waals surface area contributed by atoms with E-state index in [1.165, 1.54) is 11.8 Å². The van der Waals surface area contributed by atoms with Crippen LogP contribution in [0.2, 0.25) is 5.02 Å². The summed E-state index contributed by atoms with van der Waals surface area (Å²) in [7, 11) is 0. The molecule has 0 radical (unpaired) electrons. The average molecular weight is 584 g/mol. The number of aromatic nitrogens is 2. The molecule has 0 unspecified atom stereocenters. The quantitative estimate of drug-likeness (QED) is 0.129. The van der Waals surface area contributed by atoms with Crippen LogP contribution in [0.5, 0.6) is 5.75 Å². The first-order chi connectivity index (χ1) is 18.9. The number of hydrogen-bond acceptors (Lipinski definition) is 6. The molecule has 0 atom stereocenters. The first-order valence-electron chi connectivity index (χ1n) is 12.9. The monoisotopic (exact) mass is 583 g/mol. The Balaban J connectivity index is 1.60. The lowest BCUT2D eigenvalue weighted by Gasteiger charge is -2.13. The van der Waals surface area contributed by atoms with E-state index in [9.17, 15) is 9.59 Å². The molecule has 204 valence electrons. The van der Waals surface area contributed by atoms with Crippen LogP contribution in [0.15, 0.2) is 59.6 Å². The number of para-hydroxylation sites is 1. The van der Waals surface area contributed by atoms with Crippen LogP contribution in [0.3, 0.4) is 0 Å². The molecule has 0 bridgehead atoms. The number of carbonyl (C=O) groups is 2. The smallest absolute Gasteiger partial charge is 0.303 e. The molecule has 4 rings (SSSR count). The van der Waals surface area contributed by atoms with Gasteiger partial charge in [0, 0.05) is 30.3 Å². The highest BCUT2D eigenvalue weighted by atomic mass is 35.5. The van der Waals surface area contributed by atoms with E-state index < -0.39 is 5.97 Å². The summed E-state index contributed by atoms with van der Waals surface area (Å²) in [5, 5.41) is 14.2. The third kappa shape index (κ3) is 7.50. The van der Waals surface area contributed by atoms with Crippen LogP contribution in [0.4, 0.5) is 0 Å². The Bertz CT molecular complexity index is 1370. The summed E-state index contributed by atoms with van der Waals surface area (Å²) >= 11 is 13.3. The molecule has 39 heavy (non-hydrogen) atoms. The topological polar surface area (TPSA) is 84.7 Å². The molecule has 10 heteroatoms. The van der Waals surface area contributed by atoms with Gasteiger partial charge < -0.3 is 9.84 Å². The standard InChI is InChI=1S/C29H30ClN3O4S2/c1-2-3-16-37-24-14-13-20(17-23(24)30)27-21(19-33(31-27)22-10-6-4-7-11-22)18-25-28(36)32(29(38)39-25)15-9-5-8-12-26(34)35/h4,6-7,10-11,13-14,17-19H,2-3,5,8-9,12,15-16H2,1H3,(H,34,35)/b25-18-. The van der Waals surface area contributed by atoms with Gasteiger partial charge in [0.25, 0.3) is 5.91 Å². The fraction of sp³-hybridized carbons (Fsp3) is 0.310. The average Bonchev–Trinajstić information content (AvgIpc) is 3.46.